The van der Waals surface area contributed by atoms with Crippen LogP contribution < -0.4 is 4.90 Å². The van der Waals surface area contributed by atoms with Gasteiger partial charge in [-0.1, -0.05) is 29.9 Å². The number of rotatable bonds is 5. The molecule has 0 aliphatic heterocycles. The molecule has 9 heteroatoms. The number of halogens is 1. The Morgan fingerprint density at radius 3 is 2.57 bits per heavy atom. The Kier molecular flexibility index (Phi) is 7.47. The zero-order valence-corrected chi connectivity index (χ0v) is 19.2. The molecule has 0 bridgehead atoms. The number of thioether (sulfide) groups is 1. The van der Waals surface area contributed by atoms with E-state index in [4.69, 9.17) is 16.3 Å². The number of amides is 2. The van der Waals surface area contributed by atoms with Gasteiger partial charge < -0.3 is 4.74 Å². The second-order valence-corrected chi connectivity index (χ2v) is 9.57. The monoisotopic (exact) mass is 441 g/mol. The van der Waals surface area contributed by atoms with Gasteiger partial charge in [0.05, 0.1) is 5.69 Å². The number of aromatic nitrogens is 2. The summed E-state index contributed by atoms with van der Waals surface area (Å²) in [6, 6.07) is 3.47. The molecule has 0 aromatic carbocycles. The van der Waals surface area contributed by atoms with Gasteiger partial charge in [-0.15, -0.1) is 0 Å². The molecule has 0 N–H and O–H groups in total. The fourth-order valence-corrected chi connectivity index (χ4v) is 4.15. The molecule has 28 heavy (non-hydrogen) atoms. The first kappa shape index (κ1) is 22.6. The van der Waals surface area contributed by atoms with Crippen molar-refractivity contribution < 1.29 is 14.3 Å². The van der Waals surface area contributed by atoms with E-state index in [1.807, 2.05) is 6.26 Å². The third kappa shape index (κ3) is 5.68. The molecule has 2 aromatic heterocycles. The van der Waals surface area contributed by atoms with E-state index in [0.29, 0.717) is 26.6 Å². The Bertz CT molecular complexity index is 847. The Morgan fingerprint density at radius 1 is 1.36 bits per heavy atom. The normalized spacial score (nSPS) is 12.5. The van der Waals surface area contributed by atoms with Gasteiger partial charge in [-0.3, -0.25) is 4.79 Å². The molecule has 0 aliphatic rings. The molecule has 2 heterocycles. The van der Waals surface area contributed by atoms with Crippen LogP contribution in [0.3, 0.4) is 0 Å². The van der Waals surface area contributed by atoms with E-state index in [1.165, 1.54) is 11.3 Å². The number of ether oxygens (including phenoxy) is 1. The lowest BCUT2D eigenvalue weighted by atomic mass is 10.2. The molecule has 6 nitrogen and oxygen atoms in total. The standard InChI is InChI=1S/C19H24ClN3O3S2/c1-11(10-27-6)16(24)23(18(25)26-19(3,4)5)17-12(2)22-15(28-17)13-7-8-14(20)21-9-13/h7-9,11H,10H2,1-6H3. The van der Waals surface area contributed by atoms with Gasteiger partial charge in [0, 0.05) is 23.4 Å². The molecule has 2 amide bonds. The number of hydrogen-bond acceptors (Lipinski definition) is 7. The van der Waals surface area contributed by atoms with E-state index >= 15 is 0 Å². The van der Waals surface area contributed by atoms with Crippen LogP contribution in [0.15, 0.2) is 18.3 Å². The van der Waals surface area contributed by atoms with E-state index in [9.17, 15) is 9.59 Å². The summed E-state index contributed by atoms with van der Waals surface area (Å²) in [5.74, 6) is -0.0509. The van der Waals surface area contributed by atoms with Crippen LogP contribution >= 0.6 is 34.7 Å². The SMILES string of the molecule is CSCC(C)C(=O)N(C(=O)OC(C)(C)C)c1sc(-c2ccc(Cl)nc2)nc1C. The van der Waals surface area contributed by atoms with Crippen molar-refractivity contribution >= 4 is 51.7 Å². The van der Waals surface area contributed by atoms with Gasteiger partial charge in [0.25, 0.3) is 0 Å². The van der Waals surface area contributed by atoms with E-state index in [0.717, 1.165) is 10.5 Å². The molecule has 0 aliphatic carbocycles. The van der Waals surface area contributed by atoms with Gasteiger partial charge in [0.2, 0.25) is 5.91 Å². The first-order valence-corrected chi connectivity index (χ1v) is 11.3. The average Bonchev–Trinajstić information content (AvgIpc) is 2.95. The van der Waals surface area contributed by atoms with Gasteiger partial charge >= 0.3 is 6.09 Å². The summed E-state index contributed by atoms with van der Waals surface area (Å²) < 4.78 is 5.50. The number of aryl methyl sites for hydroxylation is 1. The number of nitrogens with zero attached hydrogens (tertiary/aromatic N) is 3. The lowest BCUT2D eigenvalue weighted by Crippen LogP contribution is -2.44. The molecule has 1 atom stereocenters. The van der Waals surface area contributed by atoms with Crippen LogP contribution in [0.25, 0.3) is 10.6 Å². The highest BCUT2D eigenvalue weighted by Gasteiger charge is 2.34. The molecule has 0 radical (unpaired) electrons. The van der Waals surface area contributed by atoms with Crippen molar-refractivity contribution in [3.63, 3.8) is 0 Å². The van der Waals surface area contributed by atoms with Crippen molar-refractivity contribution in [1.29, 1.82) is 0 Å². The van der Waals surface area contributed by atoms with Crippen molar-refractivity contribution in [2.24, 2.45) is 5.92 Å². The molecule has 0 fully saturated rings. The van der Waals surface area contributed by atoms with Crippen LogP contribution in [0, 0.1) is 12.8 Å². The predicted octanol–water partition coefficient (Wildman–Crippen LogP) is 5.43. The molecule has 2 rings (SSSR count). The molecule has 152 valence electrons. The van der Waals surface area contributed by atoms with Crippen molar-refractivity contribution in [1.82, 2.24) is 9.97 Å². The van der Waals surface area contributed by atoms with Crippen molar-refractivity contribution in [2.45, 2.75) is 40.2 Å². The van der Waals surface area contributed by atoms with Crippen LogP contribution in [0.4, 0.5) is 9.80 Å². The Labute approximate surface area is 178 Å². The van der Waals surface area contributed by atoms with Crippen molar-refractivity contribution in [2.75, 3.05) is 16.9 Å². The highest BCUT2D eigenvalue weighted by molar-refractivity contribution is 7.98. The molecular formula is C19H24ClN3O3S2. The molecule has 0 saturated heterocycles. The largest absolute Gasteiger partial charge is 0.443 e. The summed E-state index contributed by atoms with van der Waals surface area (Å²) in [6.45, 7) is 8.87. The Hall–Kier alpha value is -1.64. The summed E-state index contributed by atoms with van der Waals surface area (Å²) in [5.41, 5.74) is 0.614. The van der Waals surface area contributed by atoms with Crippen LogP contribution in [-0.4, -0.2) is 39.6 Å². The fraction of sp³-hybridized carbons (Fsp3) is 0.474. The average molecular weight is 442 g/mol. The van der Waals surface area contributed by atoms with E-state index in [-0.39, 0.29) is 11.8 Å². The zero-order chi connectivity index (χ0) is 21.1. The minimum absolute atomic E-state index is 0.309. The van der Waals surface area contributed by atoms with E-state index < -0.39 is 11.7 Å². The van der Waals surface area contributed by atoms with Gasteiger partial charge in [-0.2, -0.15) is 11.8 Å². The maximum absolute atomic E-state index is 13.1. The zero-order valence-electron chi connectivity index (χ0n) is 16.8. The third-order valence-electron chi connectivity index (χ3n) is 3.58. The van der Waals surface area contributed by atoms with Crippen molar-refractivity contribution in [3.05, 3.63) is 29.2 Å². The highest BCUT2D eigenvalue weighted by Crippen LogP contribution is 2.36. The third-order valence-corrected chi connectivity index (χ3v) is 5.83. The summed E-state index contributed by atoms with van der Waals surface area (Å²) in [5, 5.41) is 1.49. The van der Waals surface area contributed by atoms with Crippen LogP contribution in [0.1, 0.15) is 33.4 Å². The van der Waals surface area contributed by atoms with Crippen LogP contribution in [0.5, 0.6) is 0 Å². The second kappa shape index (κ2) is 9.24. The topological polar surface area (TPSA) is 72.4 Å². The maximum atomic E-state index is 13.1. The number of carbonyl (C=O) groups is 2. The first-order valence-electron chi connectivity index (χ1n) is 8.68. The van der Waals surface area contributed by atoms with Crippen LogP contribution in [0.2, 0.25) is 5.15 Å². The molecule has 0 spiro atoms. The summed E-state index contributed by atoms with van der Waals surface area (Å²) in [4.78, 5) is 35.7. The van der Waals surface area contributed by atoms with Gasteiger partial charge in [0.1, 0.15) is 20.8 Å². The van der Waals surface area contributed by atoms with Gasteiger partial charge in [-0.05, 0) is 46.1 Å². The quantitative estimate of drug-likeness (QED) is 0.575. The highest BCUT2D eigenvalue weighted by atomic mass is 35.5. The van der Waals surface area contributed by atoms with E-state index in [1.54, 1.807) is 64.7 Å². The molecular weight excluding hydrogens is 418 g/mol. The number of pyridine rings is 1. The number of imide groups is 1. The Balaban J connectivity index is 2.46. The molecule has 2 aromatic rings. The fourth-order valence-electron chi connectivity index (χ4n) is 2.34. The van der Waals surface area contributed by atoms with Gasteiger partial charge in [-0.25, -0.2) is 19.7 Å². The second-order valence-electron chi connectivity index (χ2n) is 7.29. The number of anilines is 1. The predicted molar refractivity (Wildman–Crippen MR) is 116 cm³/mol. The summed E-state index contributed by atoms with van der Waals surface area (Å²) in [7, 11) is 0. The molecule has 1 unspecified atom stereocenters. The van der Waals surface area contributed by atoms with Crippen LogP contribution in [-0.2, 0) is 9.53 Å². The summed E-state index contributed by atoms with van der Waals surface area (Å²) >= 11 is 8.65. The lowest BCUT2D eigenvalue weighted by molar-refractivity contribution is -0.121. The smallest absolute Gasteiger partial charge is 0.422 e. The summed E-state index contributed by atoms with van der Waals surface area (Å²) in [6.07, 6.45) is 2.84. The molecule has 0 saturated carbocycles. The first-order chi connectivity index (χ1) is 13.0. The maximum Gasteiger partial charge on any atom is 0.422 e. The number of thiazole rings is 1. The minimum atomic E-state index is -0.722. The minimum Gasteiger partial charge on any atom is -0.443 e. The number of hydrogen-bond donors (Lipinski definition) is 0. The van der Waals surface area contributed by atoms with Gasteiger partial charge in [0.15, 0.2) is 0 Å². The lowest BCUT2D eigenvalue weighted by Gasteiger charge is -2.27. The van der Waals surface area contributed by atoms with Crippen molar-refractivity contribution in [3.8, 4) is 10.6 Å². The number of carbonyl (C=O) groups excluding carboxylic acids is 2. The Morgan fingerprint density at radius 2 is 2.04 bits per heavy atom. The van der Waals surface area contributed by atoms with E-state index in [2.05, 4.69) is 9.97 Å².